The monoisotopic (exact) mass is 412 g/mol. The number of carbonyl (C=O) groups is 2. The minimum absolute atomic E-state index is 0.0458. The Hall–Kier alpha value is -1.58. The second-order valence-corrected chi connectivity index (χ2v) is 11.0. The van der Waals surface area contributed by atoms with Crippen LogP contribution in [-0.2, 0) is 19.1 Å². The third kappa shape index (κ3) is 3.08. The Labute approximate surface area is 180 Å². The molecule has 4 heteroatoms. The van der Waals surface area contributed by atoms with Crippen molar-refractivity contribution in [1.29, 1.82) is 0 Å². The Balaban J connectivity index is 1.38. The van der Waals surface area contributed by atoms with Gasteiger partial charge in [-0.1, -0.05) is 31.1 Å². The molecule has 7 atom stereocenters. The van der Waals surface area contributed by atoms with Crippen molar-refractivity contribution in [3.05, 3.63) is 23.3 Å². The first kappa shape index (κ1) is 20.3. The van der Waals surface area contributed by atoms with E-state index < -0.39 is 0 Å². The molecule has 0 radical (unpaired) electrons. The number of fused-ring (bicyclic) bond motifs is 5. The van der Waals surface area contributed by atoms with E-state index in [1.165, 1.54) is 44.6 Å². The van der Waals surface area contributed by atoms with Crippen LogP contribution in [0.2, 0.25) is 0 Å². The molecule has 1 aliphatic heterocycles. The standard InChI is InChI=1S/C26H36O4/c1-16(27)30-19-8-11-25(2)18(15-19)4-5-20-22-7-6-21(17-10-13-29-24(28)14-17)26(22,3)12-9-23(20)25/h4,10,19-23H,5-9,11-15H2,1-3H3. The maximum absolute atomic E-state index is 11.9. The summed E-state index contributed by atoms with van der Waals surface area (Å²) in [4.78, 5) is 23.4. The Kier molecular flexibility index (Phi) is 4.91. The van der Waals surface area contributed by atoms with Crippen molar-refractivity contribution in [3.8, 4) is 0 Å². The van der Waals surface area contributed by atoms with Gasteiger partial charge in [0, 0.05) is 13.3 Å². The molecule has 0 N–H and O–H groups in total. The Morgan fingerprint density at radius 1 is 1.10 bits per heavy atom. The summed E-state index contributed by atoms with van der Waals surface area (Å²) in [5.41, 5.74) is 3.50. The van der Waals surface area contributed by atoms with Gasteiger partial charge in [-0.15, -0.1) is 0 Å². The molecule has 0 spiro atoms. The zero-order valence-electron chi connectivity index (χ0n) is 18.7. The predicted molar refractivity (Wildman–Crippen MR) is 114 cm³/mol. The molecule has 30 heavy (non-hydrogen) atoms. The van der Waals surface area contributed by atoms with Crippen molar-refractivity contribution >= 4 is 11.9 Å². The van der Waals surface area contributed by atoms with E-state index in [2.05, 4.69) is 26.0 Å². The largest absolute Gasteiger partial charge is 0.462 e. The number of cyclic esters (lactones) is 1. The highest BCUT2D eigenvalue weighted by molar-refractivity contribution is 5.74. The second kappa shape index (κ2) is 7.24. The van der Waals surface area contributed by atoms with Crippen LogP contribution >= 0.6 is 0 Å². The van der Waals surface area contributed by atoms with E-state index in [-0.39, 0.29) is 23.5 Å². The third-order valence-electron chi connectivity index (χ3n) is 9.78. The summed E-state index contributed by atoms with van der Waals surface area (Å²) in [7, 11) is 0. The number of carbonyl (C=O) groups excluding carboxylic acids is 2. The van der Waals surface area contributed by atoms with E-state index in [0.29, 0.717) is 24.4 Å². The van der Waals surface area contributed by atoms with Gasteiger partial charge in [0.2, 0.25) is 0 Å². The van der Waals surface area contributed by atoms with Crippen LogP contribution in [0.5, 0.6) is 0 Å². The number of rotatable bonds is 2. The Morgan fingerprint density at radius 2 is 1.93 bits per heavy atom. The van der Waals surface area contributed by atoms with Crippen LogP contribution in [0.1, 0.15) is 78.6 Å². The van der Waals surface area contributed by atoms with Gasteiger partial charge in [0.25, 0.3) is 0 Å². The van der Waals surface area contributed by atoms with E-state index >= 15 is 0 Å². The van der Waals surface area contributed by atoms with Gasteiger partial charge in [-0.25, -0.2) is 0 Å². The minimum atomic E-state index is -0.149. The van der Waals surface area contributed by atoms with Crippen LogP contribution in [0.15, 0.2) is 23.3 Å². The minimum Gasteiger partial charge on any atom is -0.462 e. The van der Waals surface area contributed by atoms with Gasteiger partial charge in [-0.2, -0.15) is 0 Å². The highest BCUT2D eigenvalue weighted by Gasteiger charge is 2.59. The lowest BCUT2D eigenvalue weighted by atomic mass is 9.47. The molecule has 4 nitrogen and oxygen atoms in total. The molecule has 0 aromatic carbocycles. The van der Waals surface area contributed by atoms with E-state index in [1.807, 2.05) is 0 Å². The maximum Gasteiger partial charge on any atom is 0.310 e. The Bertz CT molecular complexity index is 810. The molecule has 5 aliphatic rings. The van der Waals surface area contributed by atoms with Crippen LogP contribution in [-0.4, -0.2) is 24.6 Å². The summed E-state index contributed by atoms with van der Waals surface area (Å²) < 4.78 is 10.7. The summed E-state index contributed by atoms with van der Waals surface area (Å²) in [6.45, 7) is 7.00. The highest BCUT2D eigenvalue weighted by Crippen LogP contribution is 2.67. The van der Waals surface area contributed by atoms with Crippen LogP contribution in [0.25, 0.3) is 0 Å². The quantitative estimate of drug-likeness (QED) is 0.452. The molecule has 164 valence electrons. The molecule has 3 saturated carbocycles. The molecule has 0 aromatic rings. The molecule has 0 aromatic heterocycles. The predicted octanol–water partition coefficient (Wildman–Crippen LogP) is 5.37. The molecular formula is C26H36O4. The summed E-state index contributed by atoms with van der Waals surface area (Å²) >= 11 is 0. The number of hydrogen-bond acceptors (Lipinski definition) is 4. The third-order valence-corrected chi connectivity index (χ3v) is 9.78. The summed E-state index contributed by atoms with van der Waals surface area (Å²) in [6.07, 6.45) is 14.6. The van der Waals surface area contributed by atoms with Gasteiger partial charge >= 0.3 is 11.9 Å². The average molecular weight is 413 g/mol. The molecule has 5 rings (SSSR count). The van der Waals surface area contributed by atoms with Gasteiger partial charge < -0.3 is 9.47 Å². The van der Waals surface area contributed by atoms with Gasteiger partial charge in [0.05, 0.1) is 6.42 Å². The summed E-state index contributed by atoms with van der Waals surface area (Å²) in [5.74, 6) is 2.61. The maximum atomic E-state index is 11.9. The summed E-state index contributed by atoms with van der Waals surface area (Å²) in [6, 6.07) is 0. The topological polar surface area (TPSA) is 52.6 Å². The number of allylic oxidation sites excluding steroid dienone is 1. The first-order chi connectivity index (χ1) is 14.3. The Morgan fingerprint density at radius 3 is 2.70 bits per heavy atom. The van der Waals surface area contributed by atoms with Crippen LogP contribution in [0.4, 0.5) is 0 Å². The van der Waals surface area contributed by atoms with Gasteiger partial charge in [-0.3, -0.25) is 9.59 Å². The van der Waals surface area contributed by atoms with Gasteiger partial charge in [-0.05, 0) is 85.5 Å². The second-order valence-electron chi connectivity index (χ2n) is 11.0. The lowest BCUT2D eigenvalue weighted by molar-refractivity contribution is -0.149. The van der Waals surface area contributed by atoms with E-state index in [9.17, 15) is 9.59 Å². The normalized spacial score (nSPS) is 45.3. The van der Waals surface area contributed by atoms with Gasteiger partial charge in [0.1, 0.15) is 12.7 Å². The lowest BCUT2D eigenvalue weighted by Crippen LogP contribution is -2.50. The fraction of sp³-hybridized carbons (Fsp3) is 0.769. The van der Waals surface area contributed by atoms with Crippen LogP contribution in [0, 0.1) is 34.5 Å². The van der Waals surface area contributed by atoms with Crippen LogP contribution in [0.3, 0.4) is 0 Å². The molecule has 3 fully saturated rings. The van der Waals surface area contributed by atoms with E-state index in [4.69, 9.17) is 9.47 Å². The zero-order valence-corrected chi connectivity index (χ0v) is 18.7. The molecular weight excluding hydrogens is 376 g/mol. The average Bonchev–Trinajstić information content (AvgIpc) is 3.05. The molecule has 0 amide bonds. The molecule has 0 saturated heterocycles. The van der Waals surface area contributed by atoms with Crippen molar-refractivity contribution in [2.24, 2.45) is 34.5 Å². The number of hydrogen-bond donors (Lipinski definition) is 0. The smallest absolute Gasteiger partial charge is 0.310 e. The molecule has 0 bridgehead atoms. The fourth-order valence-electron chi connectivity index (χ4n) is 8.37. The first-order valence-electron chi connectivity index (χ1n) is 12.0. The number of ether oxygens (including phenoxy) is 2. The zero-order chi connectivity index (χ0) is 21.1. The van der Waals surface area contributed by atoms with Crippen molar-refractivity contribution in [2.45, 2.75) is 84.7 Å². The molecule has 7 unspecified atom stereocenters. The SMILES string of the molecule is CC(=O)OC1CCC2(C)C(=CCC3C2CCC2(C)C(C4=CCOC(=O)C4)CCC32)C1. The lowest BCUT2D eigenvalue weighted by Gasteiger charge is -2.58. The van der Waals surface area contributed by atoms with Crippen molar-refractivity contribution < 1.29 is 19.1 Å². The van der Waals surface area contributed by atoms with Crippen LogP contribution < -0.4 is 0 Å². The van der Waals surface area contributed by atoms with Crippen molar-refractivity contribution in [3.63, 3.8) is 0 Å². The van der Waals surface area contributed by atoms with Crippen molar-refractivity contribution in [1.82, 2.24) is 0 Å². The first-order valence-corrected chi connectivity index (χ1v) is 12.0. The number of esters is 2. The fourth-order valence-corrected chi connectivity index (χ4v) is 8.37. The van der Waals surface area contributed by atoms with Crippen molar-refractivity contribution in [2.75, 3.05) is 6.61 Å². The van der Waals surface area contributed by atoms with E-state index in [0.717, 1.165) is 37.0 Å². The summed E-state index contributed by atoms with van der Waals surface area (Å²) in [5, 5.41) is 0. The van der Waals surface area contributed by atoms with E-state index in [1.54, 1.807) is 5.57 Å². The molecule has 1 heterocycles. The molecule has 4 aliphatic carbocycles. The highest BCUT2D eigenvalue weighted by atomic mass is 16.5. The van der Waals surface area contributed by atoms with Gasteiger partial charge in [0.15, 0.2) is 0 Å².